The summed E-state index contributed by atoms with van der Waals surface area (Å²) in [6, 6.07) is 8.31. The fourth-order valence-corrected chi connectivity index (χ4v) is 4.78. The summed E-state index contributed by atoms with van der Waals surface area (Å²) in [7, 11) is 0. The normalized spacial score (nSPS) is 19.1. The molecule has 0 saturated carbocycles. The molecule has 7 nitrogen and oxygen atoms in total. The van der Waals surface area contributed by atoms with Crippen LogP contribution in [0.4, 0.5) is 5.82 Å². The SMILES string of the molecule is Cc1ccc(CNC(=O)[C@H]2CCCN(c3ncnc4c3nc3n4CCCCC3)C2)cc1. The summed E-state index contributed by atoms with van der Waals surface area (Å²) in [5.74, 6) is 2.08. The van der Waals surface area contributed by atoms with Crippen molar-refractivity contribution in [2.45, 2.75) is 58.5 Å². The molecule has 1 amide bonds. The Morgan fingerprint density at radius 2 is 1.97 bits per heavy atom. The molecule has 162 valence electrons. The highest BCUT2D eigenvalue weighted by Crippen LogP contribution is 2.29. The van der Waals surface area contributed by atoms with Gasteiger partial charge in [-0.05, 0) is 38.2 Å². The van der Waals surface area contributed by atoms with Gasteiger partial charge in [0.15, 0.2) is 17.0 Å². The van der Waals surface area contributed by atoms with Gasteiger partial charge in [0.1, 0.15) is 12.2 Å². The zero-order valence-electron chi connectivity index (χ0n) is 18.2. The molecule has 1 fully saturated rings. The second kappa shape index (κ2) is 8.65. The first-order valence-electron chi connectivity index (χ1n) is 11.5. The zero-order chi connectivity index (χ0) is 21.2. The molecule has 0 unspecified atom stereocenters. The highest BCUT2D eigenvalue weighted by Gasteiger charge is 2.29. The molecule has 5 rings (SSSR count). The molecule has 4 heterocycles. The topological polar surface area (TPSA) is 75.9 Å². The van der Waals surface area contributed by atoms with E-state index in [4.69, 9.17) is 4.98 Å². The Balaban J connectivity index is 1.31. The Morgan fingerprint density at radius 1 is 1.10 bits per heavy atom. The quantitative estimate of drug-likeness (QED) is 0.703. The maximum absolute atomic E-state index is 12.9. The molecule has 1 N–H and O–H groups in total. The lowest BCUT2D eigenvalue weighted by Crippen LogP contribution is -2.43. The summed E-state index contributed by atoms with van der Waals surface area (Å²) in [5.41, 5.74) is 4.18. The molecule has 0 aliphatic carbocycles. The summed E-state index contributed by atoms with van der Waals surface area (Å²) in [6.07, 6.45) is 8.13. The van der Waals surface area contributed by atoms with Crippen molar-refractivity contribution < 1.29 is 4.79 Å². The predicted octanol–water partition coefficient (Wildman–Crippen LogP) is 3.39. The van der Waals surface area contributed by atoms with Gasteiger partial charge in [-0.25, -0.2) is 15.0 Å². The molecular formula is C24H30N6O. The molecule has 0 bridgehead atoms. The minimum Gasteiger partial charge on any atom is -0.354 e. The molecular weight excluding hydrogens is 388 g/mol. The summed E-state index contributed by atoms with van der Waals surface area (Å²) in [4.78, 5) is 29.2. The summed E-state index contributed by atoms with van der Waals surface area (Å²) in [5, 5.41) is 3.13. The Morgan fingerprint density at radius 3 is 2.84 bits per heavy atom. The van der Waals surface area contributed by atoms with Gasteiger partial charge in [0, 0.05) is 32.6 Å². The van der Waals surface area contributed by atoms with Crippen LogP contribution < -0.4 is 10.2 Å². The van der Waals surface area contributed by atoms with E-state index >= 15 is 0 Å². The largest absolute Gasteiger partial charge is 0.354 e. The number of rotatable bonds is 4. The van der Waals surface area contributed by atoms with Crippen molar-refractivity contribution in [3.8, 4) is 0 Å². The Hall–Kier alpha value is -2.96. The van der Waals surface area contributed by atoms with Gasteiger partial charge in [-0.15, -0.1) is 0 Å². The Kier molecular flexibility index (Phi) is 5.57. The number of imidazole rings is 1. The van der Waals surface area contributed by atoms with Gasteiger partial charge in [-0.2, -0.15) is 0 Å². The molecule has 0 spiro atoms. The van der Waals surface area contributed by atoms with Crippen LogP contribution in [0.1, 0.15) is 49.1 Å². The van der Waals surface area contributed by atoms with Crippen molar-refractivity contribution in [1.82, 2.24) is 24.8 Å². The molecule has 7 heteroatoms. The van der Waals surface area contributed by atoms with E-state index in [1.807, 2.05) is 0 Å². The molecule has 3 aromatic rings. The Bertz CT molecular complexity index is 1070. The van der Waals surface area contributed by atoms with E-state index in [0.717, 1.165) is 60.7 Å². The number of nitrogens with zero attached hydrogens (tertiary/aromatic N) is 5. The summed E-state index contributed by atoms with van der Waals surface area (Å²) >= 11 is 0. The number of hydrogen-bond acceptors (Lipinski definition) is 5. The van der Waals surface area contributed by atoms with Gasteiger partial charge in [0.2, 0.25) is 5.91 Å². The van der Waals surface area contributed by atoms with Crippen LogP contribution in [0, 0.1) is 12.8 Å². The number of amides is 1. The number of aryl methyl sites for hydroxylation is 3. The minimum atomic E-state index is -0.0374. The van der Waals surface area contributed by atoms with Gasteiger partial charge < -0.3 is 14.8 Å². The Labute approximate surface area is 182 Å². The maximum atomic E-state index is 12.9. The number of carbonyl (C=O) groups is 1. The number of nitrogens with one attached hydrogen (secondary N) is 1. The van der Waals surface area contributed by atoms with Crippen molar-refractivity contribution in [3.05, 3.63) is 47.5 Å². The second-order valence-electron chi connectivity index (χ2n) is 8.85. The van der Waals surface area contributed by atoms with Crippen molar-refractivity contribution >= 4 is 22.9 Å². The van der Waals surface area contributed by atoms with Crippen LogP contribution in [0.25, 0.3) is 11.2 Å². The van der Waals surface area contributed by atoms with Crippen LogP contribution in [0.3, 0.4) is 0 Å². The van der Waals surface area contributed by atoms with E-state index < -0.39 is 0 Å². The van der Waals surface area contributed by atoms with Crippen molar-refractivity contribution in [3.63, 3.8) is 0 Å². The first-order valence-corrected chi connectivity index (χ1v) is 11.5. The fourth-order valence-electron chi connectivity index (χ4n) is 4.78. The van der Waals surface area contributed by atoms with E-state index in [-0.39, 0.29) is 11.8 Å². The summed E-state index contributed by atoms with van der Waals surface area (Å²) < 4.78 is 2.27. The average Bonchev–Trinajstić information content (AvgIpc) is 2.99. The average molecular weight is 419 g/mol. The first kappa shape index (κ1) is 20.0. The van der Waals surface area contributed by atoms with E-state index in [2.05, 4.69) is 55.9 Å². The number of anilines is 1. The van der Waals surface area contributed by atoms with Crippen LogP contribution in [0.2, 0.25) is 0 Å². The standard InChI is InChI=1S/C24H30N6O/c1-17-8-10-18(11-9-17)14-25-24(31)19-6-5-12-29(15-19)22-21-23(27-16-26-22)30-13-4-2-3-7-20(30)28-21/h8-11,16,19H,2-7,12-15H2,1H3,(H,25,31)/t19-/m0/s1. The third kappa shape index (κ3) is 4.13. The molecule has 1 saturated heterocycles. The number of hydrogen-bond donors (Lipinski definition) is 1. The fraction of sp³-hybridized carbons (Fsp3) is 0.500. The molecule has 1 aromatic carbocycles. The van der Waals surface area contributed by atoms with Gasteiger partial charge in [-0.1, -0.05) is 36.2 Å². The van der Waals surface area contributed by atoms with Crippen LogP contribution in [0.5, 0.6) is 0 Å². The van der Waals surface area contributed by atoms with Crippen molar-refractivity contribution in [2.24, 2.45) is 5.92 Å². The highest BCUT2D eigenvalue weighted by molar-refractivity contribution is 5.85. The number of benzene rings is 1. The van der Waals surface area contributed by atoms with Crippen LogP contribution >= 0.6 is 0 Å². The van der Waals surface area contributed by atoms with Crippen LogP contribution in [-0.4, -0.2) is 38.5 Å². The summed E-state index contributed by atoms with van der Waals surface area (Å²) in [6.45, 7) is 5.19. The third-order valence-corrected chi connectivity index (χ3v) is 6.55. The van der Waals surface area contributed by atoms with Crippen molar-refractivity contribution in [2.75, 3.05) is 18.0 Å². The molecule has 31 heavy (non-hydrogen) atoms. The highest BCUT2D eigenvalue weighted by atomic mass is 16.1. The number of piperidine rings is 1. The zero-order valence-corrected chi connectivity index (χ0v) is 18.2. The number of carbonyl (C=O) groups excluding carboxylic acids is 1. The number of aromatic nitrogens is 4. The molecule has 2 aliphatic heterocycles. The second-order valence-corrected chi connectivity index (χ2v) is 8.85. The predicted molar refractivity (Wildman–Crippen MR) is 121 cm³/mol. The lowest BCUT2D eigenvalue weighted by atomic mass is 9.97. The van der Waals surface area contributed by atoms with E-state index in [1.54, 1.807) is 6.33 Å². The van der Waals surface area contributed by atoms with Crippen molar-refractivity contribution in [1.29, 1.82) is 0 Å². The molecule has 2 aromatic heterocycles. The number of fused-ring (bicyclic) bond motifs is 3. The van der Waals surface area contributed by atoms with Crippen LogP contribution in [-0.2, 0) is 24.3 Å². The van der Waals surface area contributed by atoms with Crippen LogP contribution in [0.15, 0.2) is 30.6 Å². The van der Waals surface area contributed by atoms with E-state index in [9.17, 15) is 4.79 Å². The van der Waals surface area contributed by atoms with Gasteiger partial charge in [0.25, 0.3) is 0 Å². The monoisotopic (exact) mass is 418 g/mol. The first-order chi connectivity index (χ1) is 15.2. The van der Waals surface area contributed by atoms with Gasteiger partial charge >= 0.3 is 0 Å². The molecule has 1 atom stereocenters. The maximum Gasteiger partial charge on any atom is 0.225 e. The third-order valence-electron chi connectivity index (χ3n) is 6.55. The van der Waals surface area contributed by atoms with E-state index in [0.29, 0.717) is 13.1 Å². The smallest absolute Gasteiger partial charge is 0.225 e. The van der Waals surface area contributed by atoms with Gasteiger partial charge in [-0.3, -0.25) is 4.79 Å². The lowest BCUT2D eigenvalue weighted by molar-refractivity contribution is -0.125. The minimum absolute atomic E-state index is 0.0374. The van der Waals surface area contributed by atoms with Gasteiger partial charge in [0.05, 0.1) is 5.92 Å². The molecule has 2 aliphatic rings. The molecule has 0 radical (unpaired) electrons. The lowest BCUT2D eigenvalue weighted by Gasteiger charge is -2.32. The van der Waals surface area contributed by atoms with E-state index in [1.165, 1.54) is 24.8 Å².